The van der Waals surface area contributed by atoms with Crippen LogP contribution < -0.4 is 4.74 Å². The minimum Gasteiger partial charge on any atom is -0.483 e. The number of amides is 1. The molecule has 2 heterocycles. The van der Waals surface area contributed by atoms with E-state index in [0.29, 0.717) is 5.75 Å². The van der Waals surface area contributed by atoms with Gasteiger partial charge in [-0.25, -0.2) is 0 Å². The van der Waals surface area contributed by atoms with Crippen LogP contribution in [0.3, 0.4) is 0 Å². The largest absolute Gasteiger partial charge is 0.483 e. The van der Waals surface area contributed by atoms with E-state index in [2.05, 4.69) is 4.98 Å². The number of aromatic nitrogens is 1. The number of piperidine rings is 1. The average Bonchev–Trinajstić information content (AvgIpc) is 2.59. The van der Waals surface area contributed by atoms with Gasteiger partial charge < -0.3 is 9.64 Å². The van der Waals surface area contributed by atoms with Crippen LogP contribution in [0.5, 0.6) is 5.75 Å². The van der Waals surface area contributed by atoms with E-state index >= 15 is 0 Å². The number of alkyl halides is 3. The number of fused-ring (bicyclic) bond motifs is 1. The lowest BCUT2D eigenvalue weighted by atomic mass is 9.95. The van der Waals surface area contributed by atoms with Gasteiger partial charge in [-0.1, -0.05) is 0 Å². The SMILES string of the molecule is O=C(COc1ccnc2c1CCCC2)N1CCC(C(F)(F)F)CC1. The molecule has 132 valence electrons. The molecule has 1 aliphatic heterocycles. The number of pyridine rings is 1. The molecule has 1 saturated heterocycles. The fraction of sp³-hybridized carbons (Fsp3) is 0.647. The minimum atomic E-state index is -4.16. The number of nitrogens with zero attached hydrogens (tertiary/aromatic N) is 2. The normalized spacial score (nSPS) is 19.0. The first-order valence-corrected chi connectivity index (χ1v) is 8.39. The fourth-order valence-electron chi connectivity index (χ4n) is 3.42. The third kappa shape index (κ3) is 3.82. The highest BCUT2D eigenvalue weighted by atomic mass is 19.4. The molecular formula is C17H21F3N2O2. The van der Waals surface area contributed by atoms with Crippen molar-refractivity contribution in [3.63, 3.8) is 0 Å². The van der Waals surface area contributed by atoms with Crippen molar-refractivity contribution in [2.45, 2.75) is 44.7 Å². The minimum absolute atomic E-state index is 0.0279. The highest BCUT2D eigenvalue weighted by Gasteiger charge is 2.41. The molecule has 1 aromatic rings. The second kappa shape index (κ2) is 6.99. The number of ether oxygens (including phenoxy) is 1. The monoisotopic (exact) mass is 342 g/mol. The molecule has 1 aromatic heterocycles. The summed E-state index contributed by atoms with van der Waals surface area (Å²) in [5, 5.41) is 0. The molecule has 24 heavy (non-hydrogen) atoms. The van der Waals surface area contributed by atoms with Gasteiger partial charge in [0.15, 0.2) is 6.61 Å². The van der Waals surface area contributed by atoms with Crippen molar-refractivity contribution < 1.29 is 22.7 Å². The molecule has 1 fully saturated rings. The summed E-state index contributed by atoms with van der Waals surface area (Å²) < 4.78 is 43.7. The molecule has 0 aromatic carbocycles. The molecule has 0 radical (unpaired) electrons. The van der Waals surface area contributed by atoms with E-state index in [1.54, 1.807) is 12.3 Å². The van der Waals surface area contributed by atoms with Gasteiger partial charge in [0.25, 0.3) is 5.91 Å². The Morgan fingerprint density at radius 1 is 1.25 bits per heavy atom. The lowest BCUT2D eigenvalue weighted by molar-refractivity contribution is -0.186. The van der Waals surface area contributed by atoms with E-state index in [1.807, 2.05) is 0 Å². The zero-order chi connectivity index (χ0) is 17.2. The van der Waals surface area contributed by atoms with Gasteiger partial charge in [0, 0.05) is 30.5 Å². The molecule has 0 spiro atoms. The summed E-state index contributed by atoms with van der Waals surface area (Å²) in [7, 11) is 0. The summed E-state index contributed by atoms with van der Waals surface area (Å²) in [6.07, 6.45) is 1.46. The topological polar surface area (TPSA) is 42.4 Å². The van der Waals surface area contributed by atoms with Crippen LogP contribution >= 0.6 is 0 Å². The Morgan fingerprint density at radius 2 is 1.96 bits per heavy atom. The van der Waals surface area contributed by atoms with Crippen molar-refractivity contribution in [2.24, 2.45) is 5.92 Å². The smallest absolute Gasteiger partial charge is 0.391 e. The number of halogens is 3. The molecule has 0 atom stereocenters. The maximum Gasteiger partial charge on any atom is 0.391 e. The van der Waals surface area contributed by atoms with E-state index in [9.17, 15) is 18.0 Å². The Hall–Kier alpha value is -1.79. The van der Waals surface area contributed by atoms with Gasteiger partial charge in [0.2, 0.25) is 0 Å². The lowest BCUT2D eigenvalue weighted by Crippen LogP contribution is -2.43. The van der Waals surface area contributed by atoms with E-state index < -0.39 is 12.1 Å². The number of rotatable bonds is 3. The van der Waals surface area contributed by atoms with Crippen molar-refractivity contribution in [3.05, 3.63) is 23.5 Å². The first-order valence-electron chi connectivity index (χ1n) is 8.39. The summed E-state index contributed by atoms with van der Waals surface area (Å²) >= 11 is 0. The Balaban J connectivity index is 1.54. The molecule has 1 amide bonds. The van der Waals surface area contributed by atoms with Gasteiger partial charge in [-0.15, -0.1) is 0 Å². The molecule has 4 nitrogen and oxygen atoms in total. The van der Waals surface area contributed by atoms with Gasteiger partial charge in [-0.3, -0.25) is 9.78 Å². The summed E-state index contributed by atoms with van der Waals surface area (Å²) in [5.41, 5.74) is 2.09. The Morgan fingerprint density at radius 3 is 2.67 bits per heavy atom. The molecule has 7 heteroatoms. The first kappa shape index (κ1) is 17.0. The van der Waals surface area contributed by atoms with Gasteiger partial charge in [0.05, 0.1) is 5.92 Å². The molecule has 1 aliphatic carbocycles. The first-order chi connectivity index (χ1) is 11.4. The number of likely N-dealkylation sites (tertiary alicyclic amines) is 1. The van der Waals surface area contributed by atoms with Crippen LogP contribution in [0.2, 0.25) is 0 Å². The van der Waals surface area contributed by atoms with Crippen LogP contribution in [-0.2, 0) is 17.6 Å². The Labute approximate surface area is 139 Å². The molecule has 3 rings (SSSR count). The maximum atomic E-state index is 12.7. The number of hydrogen-bond acceptors (Lipinski definition) is 3. The van der Waals surface area contributed by atoms with Crippen molar-refractivity contribution in [2.75, 3.05) is 19.7 Å². The summed E-state index contributed by atoms with van der Waals surface area (Å²) in [6.45, 7) is 0.148. The van der Waals surface area contributed by atoms with E-state index in [-0.39, 0.29) is 38.4 Å². The molecule has 0 bridgehead atoms. The molecule has 2 aliphatic rings. The number of carbonyl (C=O) groups excluding carboxylic acids is 1. The van der Waals surface area contributed by atoms with E-state index in [1.165, 1.54) is 4.90 Å². The average molecular weight is 342 g/mol. The van der Waals surface area contributed by atoms with E-state index in [4.69, 9.17) is 4.74 Å². The number of carbonyl (C=O) groups is 1. The van der Waals surface area contributed by atoms with Crippen LogP contribution in [0.1, 0.15) is 36.9 Å². The third-order valence-electron chi connectivity index (χ3n) is 4.85. The van der Waals surface area contributed by atoms with Crippen LogP contribution in [0, 0.1) is 5.92 Å². The van der Waals surface area contributed by atoms with Gasteiger partial charge in [-0.05, 0) is 44.6 Å². The van der Waals surface area contributed by atoms with Crippen molar-refractivity contribution in [3.8, 4) is 5.75 Å². The fourth-order valence-corrected chi connectivity index (χ4v) is 3.42. The molecular weight excluding hydrogens is 321 g/mol. The standard InChI is InChI=1S/C17H21F3N2O2/c18-17(19,20)12-6-9-22(10-7-12)16(23)11-24-15-5-8-21-14-4-2-1-3-13(14)15/h5,8,12H,1-4,6-7,9-11H2. The van der Waals surface area contributed by atoms with Gasteiger partial charge in [-0.2, -0.15) is 13.2 Å². The zero-order valence-electron chi connectivity index (χ0n) is 13.4. The summed E-state index contributed by atoms with van der Waals surface area (Å²) in [5.74, 6) is -0.870. The summed E-state index contributed by atoms with van der Waals surface area (Å²) in [4.78, 5) is 18.0. The highest BCUT2D eigenvalue weighted by Crippen LogP contribution is 2.34. The Kier molecular flexibility index (Phi) is 4.96. The van der Waals surface area contributed by atoms with Crippen molar-refractivity contribution in [1.29, 1.82) is 0 Å². The lowest BCUT2D eigenvalue weighted by Gasteiger charge is -2.32. The van der Waals surface area contributed by atoms with Crippen molar-refractivity contribution >= 4 is 5.91 Å². The van der Waals surface area contributed by atoms with Crippen molar-refractivity contribution in [1.82, 2.24) is 9.88 Å². The highest BCUT2D eigenvalue weighted by molar-refractivity contribution is 5.77. The van der Waals surface area contributed by atoms with E-state index in [0.717, 1.165) is 36.9 Å². The van der Waals surface area contributed by atoms with Crippen LogP contribution in [0.4, 0.5) is 13.2 Å². The second-order valence-electron chi connectivity index (χ2n) is 6.43. The zero-order valence-corrected chi connectivity index (χ0v) is 13.4. The third-order valence-corrected chi connectivity index (χ3v) is 4.85. The maximum absolute atomic E-state index is 12.7. The quantitative estimate of drug-likeness (QED) is 0.847. The molecule has 0 saturated carbocycles. The van der Waals surface area contributed by atoms with Crippen LogP contribution in [0.25, 0.3) is 0 Å². The summed E-state index contributed by atoms with van der Waals surface area (Å²) in [6, 6.07) is 1.76. The number of aryl methyl sites for hydroxylation is 1. The van der Waals surface area contributed by atoms with Crippen LogP contribution in [-0.4, -0.2) is 41.7 Å². The van der Waals surface area contributed by atoms with Gasteiger partial charge in [0.1, 0.15) is 5.75 Å². The van der Waals surface area contributed by atoms with Crippen LogP contribution in [0.15, 0.2) is 12.3 Å². The Bertz CT molecular complexity index is 596. The molecule has 0 unspecified atom stereocenters. The predicted molar refractivity (Wildman–Crippen MR) is 81.7 cm³/mol. The predicted octanol–water partition coefficient (Wildman–Crippen LogP) is 3.14. The van der Waals surface area contributed by atoms with Gasteiger partial charge >= 0.3 is 6.18 Å². The second-order valence-corrected chi connectivity index (χ2v) is 6.43. The number of hydrogen-bond donors (Lipinski definition) is 0. The molecule has 0 N–H and O–H groups in total.